The fraction of sp³-hybridized carbons (Fsp3) is 0.714. The summed E-state index contributed by atoms with van der Waals surface area (Å²) in [7, 11) is 1.82. The van der Waals surface area contributed by atoms with Crippen LogP contribution >= 0.6 is 0 Å². The van der Waals surface area contributed by atoms with Gasteiger partial charge in [0, 0.05) is 43.6 Å². The summed E-state index contributed by atoms with van der Waals surface area (Å²) in [6.07, 6.45) is 40.5. The van der Waals surface area contributed by atoms with Gasteiger partial charge in [0.1, 0.15) is 80.2 Å². The van der Waals surface area contributed by atoms with E-state index in [9.17, 15) is 9.59 Å². The Bertz CT molecular complexity index is 3420. The number of rotatable bonds is 20. The van der Waals surface area contributed by atoms with Crippen molar-refractivity contribution in [3.05, 3.63) is 96.1 Å². The highest BCUT2D eigenvalue weighted by atomic mass is 32.2. The number of hydrogen-bond acceptors (Lipinski definition) is 10. The van der Waals surface area contributed by atoms with Crippen LogP contribution in [0.5, 0.6) is 23.0 Å². The lowest BCUT2D eigenvalue weighted by molar-refractivity contribution is -0.205. The van der Waals surface area contributed by atoms with Crippen molar-refractivity contribution in [3.63, 3.8) is 0 Å². The predicted molar refractivity (Wildman–Crippen MR) is 427 cm³/mol. The molecule has 0 N–H and O–H groups in total. The minimum Gasteiger partial charge on any atom is -0.482 e. The average Bonchev–Trinajstić information content (AvgIpc) is 0.887. The van der Waals surface area contributed by atoms with Crippen LogP contribution in [0, 0.1) is 109 Å². The molecule has 16 saturated carbocycles. The van der Waals surface area contributed by atoms with E-state index < -0.39 is 0 Å². The summed E-state index contributed by atoms with van der Waals surface area (Å²) < 4.78 is 48.3. The van der Waals surface area contributed by atoms with E-state index in [-0.39, 0.29) is 36.4 Å². The monoisotopic (exact) mass is 1510 g/mol. The molecular weight excluding hydrogens is 1380 g/mol. The summed E-state index contributed by atoms with van der Waals surface area (Å²) >= 11 is 0. The van der Waals surface area contributed by atoms with Gasteiger partial charge in [0.05, 0.1) is 12.2 Å². The van der Waals surface area contributed by atoms with Gasteiger partial charge in [0.15, 0.2) is 46.4 Å². The molecule has 14 heteroatoms. The van der Waals surface area contributed by atoms with Gasteiger partial charge in [-0.3, -0.25) is 0 Å². The van der Waals surface area contributed by atoms with Crippen molar-refractivity contribution in [1.82, 2.24) is 0 Å². The zero-order chi connectivity index (χ0) is 71.2. The summed E-state index contributed by atoms with van der Waals surface area (Å²) in [5, 5.41) is 0. The zero-order valence-electron chi connectivity index (χ0n) is 64.2. The molecule has 4 saturated heterocycles. The number of esters is 2. The lowest BCUT2D eigenvalue weighted by Gasteiger charge is -2.59. The molecule has 4 heterocycles. The Kier molecular flexibility index (Phi) is 23.3. The number of ether oxygens (including phenoxy) is 8. The number of hydrogen-bond donors (Lipinski definition) is 0. The Morgan fingerprint density at radius 3 is 0.914 bits per heavy atom. The van der Waals surface area contributed by atoms with Crippen molar-refractivity contribution in [2.75, 3.05) is 72.8 Å². The van der Waals surface area contributed by atoms with Crippen molar-refractivity contribution in [2.45, 2.75) is 257 Å². The van der Waals surface area contributed by atoms with Gasteiger partial charge in [-0.15, -0.1) is 0 Å². The molecule has 10 nitrogen and oxygen atoms in total. The summed E-state index contributed by atoms with van der Waals surface area (Å²) in [5.74, 6) is 27.1. The molecule has 105 heavy (non-hydrogen) atoms. The van der Waals surface area contributed by atoms with Crippen LogP contribution in [-0.4, -0.2) is 108 Å². The van der Waals surface area contributed by atoms with Gasteiger partial charge in [-0.25, -0.2) is 9.59 Å². The van der Waals surface area contributed by atoms with E-state index in [1.165, 1.54) is 252 Å². The standard InChI is InChI=1S/C25H35O3S.C23H31O3S.C22H31O2S.C21H29O2S/c1-16-8-22(29-6-4-5-7-29)9-17(2)24(16)27-15-23(26)28-25(3)20-11-18-10-19(13-20)14-21(25)12-18;1-23(18-11-16-10-17(13-18)14-19(23)12-16)26-22(24)15-25-20-4-6-21(7-5-20)27-8-2-3-9-27;1-2-8-25(9-3-1)21-6-4-20(5-7-21)23-15-24-22-18-11-16-10-17(13-18)14-19(22)12-16;1-2-8-24(7-1)20-5-3-19(4-6-20)22-14-23-21-17-10-15-9-16(12-17)13-18(21)11-15/h8-9,18-21H,4-7,10-15H2,1-3H3;4-7,16-19H,2-3,8-15H2,1H3;4-7,16-19,22H,1-3,8-15H2;3-6,15-18,21H,1-2,7-14H2/q4*+1. The Hall–Kier alpha value is -3.66. The van der Waals surface area contributed by atoms with Gasteiger partial charge >= 0.3 is 11.9 Å². The normalized spacial score (nSPS) is 37.1. The highest BCUT2D eigenvalue weighted by Gasteiger charge is 2.59. The third kappa shape index (κ3) is 16.9. The number of carbonyl (C=O) groups is 2. The number of carbonyl (C=O) groups excluding carboxylic acids is 2. The topological polar surface area (TPSA) is 108 Å². The van der Waals surface area contributed by atoms with Gasteiger partial charge in [0.2, 0.25) is 0 Å². The van der Waals surface area contributed by atoms with Crippen molar-refractivity contribution in [2.24, 2.45) is 94.7 Å². The van der Waals surface area contributed by atoms with Gasteiger partial charge in [-0.05, 0) is 405 Å². The lowest BCUT2D eigenvalue weighted by Crippen LogP contribution is -2.58. The summed E-state index contributed by atoms with van der Waals surface area (Å²) in [6.45, 7) is 9.50. The lowest BCUT2D eigenvalue weighted by atomic mass is 9.50. The van der Waals surface area contributed by atoms with Crippen molar-refractivity contribution < 1.29 is 47.5 Å². The molecule has 0 aromatic heterocycles. The second-order valence-electron chi connectivity index (χ2n) is 36.7. The number of aryl methyl sites for hydroxylation is 2. The minimum atomic E-state index is -0.272. The minimum absolute atomic E-state index is 0.0208. The van der Waals surface area contributed by atoms with Crippen molar-refractivity contribution in [1.29, 1.82) is 0 Å². The molecule has 4 aliphatic heterocycles. The fourth-order valence-electron chi connectivity index (χ4n) is 25.3. The first-order valence-electron chi connectivity index (χ1n) is 42.5. The fourth-order valence-corrected chi connectivity index (χ4v) is 34.7. The molecule has 4 aromatic rings. The Morgan fingerprint density at radius 1 is 0.333 bits per heavy atom. The maximum atomic E-state index is 12.8. The second-order valence-corrected chi connectivity index (χ2v) is 45.8. The van der Waals surface area contributed by atoms with Crippen LogP contribution in [0.15, 0.2) is 105 Å². The smallest absolute Gasteiger partial charge is 0.344 e. The van der Waals surface area contributed by atoms with E-state index in [1.54, 1.807) is 0 Å². The van der Waals surface area contributed by atoms with Crippen LogP contribution in [-0.2, 0) is 72.1 Å². The number of benzene rings is 4. The third-order valence-electron chi connectivity index (χ3n) is 29.7. The first-order chi connectivity index (χ1) is 51.2. The summed E-state index contributed by atoms with van der Waals surface area (Å²) in [6, 6.07) is 30.6. The van der Waals surface area contributed by atoms with Crippen LogP contribution in [0.3, 0.4) is 0 Å². The third-order valence-corrected chi connectivity index (χ3v) is 39.7. The first-order valence-corrected chi connectivity index (χ1v) is 48.8. The van der Waals surface area contributed by atoms with Crippen LogP contribution in [0.25, 0.3) is 0 Å². The molecule has 0 unspecified atom stereocenters. The SMILES string of the molecule is CC1(OC(=O)COc2ccc([S+]3CCCC3)cc2)C2CC3CC(C2)CC1C3.Cc1cc([S+]2CCCC2)cc(C)c1OCC(=O)OC1(C)C2CC3CC(C2)CC1C3.c1cc([S+]2CCCC2)ccc1OCOC1C2CC3CC(C2)CC1C3.c1cc([S+]2CCCCC2)ccc1OCOC1C2CC3CC(C2)CC1C3. The van der Waals surface area contributed by atoms with Crippen molar-refractivity contribution in [3.8, 4) is 23.0 Å². The second kappa shape index (κ2) is 33.0. The van der Waals surface area contributed by atoms with Crippen LogP contribution < -0.4 is 18.9 Å². The molecule has 20 aliphatic rings. The van der Waals surface area contributed by atoms with Crippen LogP contribution in [0.2, 0.25) is 0 Å². The van der Waals surface area contributed by atoms with E-state index in [1.807, 2.05) is 12.1 Å². The molecule has 0 radical (unpaired) electrons. The molecule has 0 spiro atoms. The molecule has 0 amide bonds. The van der Waals surface area contributed by atoms with E-state index in [2.05, 4.69) is 100 Å². The van der Waals surface area contributed by atoms with Crippen molar-refractivity contribution >= 4 is 55.5 Å². The highest BCUT2D eigenvalue weighted by Crippen LogP contribution is 2.62. The maximum absolute atomic E-state index is 12.8. The Morgan fingerprint density at radius 2 is 0.600 bits per heavy atom. The van der Waals surface area contributed by atoms with Crippen LogP contribution in [0.1, 0.15) is 211 Å². The van der Waals surface area contributed by atoms with Gasteiger partial charge in [0.25, 0.3) is 0 Å². The maximum Gasteiger partial charge on any atom is 0.344 e. The molecule has 0 atom stereocenters. The van der Waals surface area contributed by atoms with E-state index in [0.717, 1.165) is 105 Å². The Balaban J connectivity index is 0.000000104. The quantitative estimate of drug-likeness (QED) is 0.0482. The molecule has 570 valence electrons. The zero-order valence-corrected chi connectivity index (χ0v) is 67.4. The largest absolute Gasteiger partial charge is 0.482 e. The first kappa shape index (κ1) is 74.1. The summed E-state index contributed by atoms with van der Waals surface area (Å²) in [5.41, 5.74) is 1.76. The summed E-state index contributed by atoms with van der Waals surface area (Å²) in [4.78, 5) is 31.2. The van der Waals surface area contributed by atoms with Gasteiger partial charge < -0.3 is 37.9 Å². The highest BCUT2D eigenvalue weighted by molar-refractivity contribution is 7.98. The van der Waals surface area contributed by atoms with E-state index in [4.69, 9.17) is 37.9 Å². The van der Waals surface area contributed by atoms with E-state index in [0.29, 0.717) is 93.0 Å². The van der Waals surface area contributed by atoms with Gasteiger partial charge in [-0.1, -0.05) is 0 Å². The molecule has 20 fully saturated rings. The average molecular weight is 1510 g/mol. The molecule has 16 bridgehead atoms. The molecule has 16 aliphatic carbocycles. The van der Waals surface area contributed by atoms with Crippen LogP contribution in [0.4, 0.5) is 0 Å². The predicted octanol–water partition coefficient (Wildman–Crippen LogP) is 19.5. The molecular formula is C91H126O10S4+4. The molecule has 4 aromatic carbocycles. The molecule has 24 rings (SSSR count). The Labute approximate surface area is 642 Å². The van der Waals surface area contributed by atoms with E-state index >= 15 is 0 Å². The van der Waals surface area contributed by atoms with Gasteiger partial charge in [-0.2, -0.15) is 0 Å².